The Labute approximate surface area is 112 Å². The second kappa shape index (κ2) is 5.17. The van der Waals surface area contributed by atoms with Crippen molar-refractivity contribution in [3.63, 3.8) is 0 Å². The van der Waals surface area contributed by atoms with Crippen LogP contribution in [0.15, 0.2) is 40.9 Å². The minimum atomic E-state index is 0.228. The van der Waals surface area contributed by atoms with E-state index in [9.17, 15) is 0 Å². The number of benzene rings is 1. The molecule has 17 heavy (non-hydrogen) atoms. The van der Waals surface area contributed by atoms with E-state index in [4.69, 9.17) is 21.6 Å². The maximum Gasteiger partial charge on any atom is 0.222 e. The zero-order valence-corrected chi connectivity index (χ0v) is 10.9. The second-order valence-electron chi connectivity index (χ2n) is 3.16. The van der Waals surface area contributed by atoms with E-state index in [1.165, 1.54) is 12.1 Å². The van der Waals surface area contributed by atoms with Gasteiger partial charge < -0.3 is 4.74 Å². The van der Waals surface area contributed by atoms with Crippen LogP contribution in [0.4, 0.5) is 0 Å². The summed E-state index contributed by atoms with van der Waals surface area (Å²) in [6, 6.07) is 12.4. The van der Waals surface area contributed by atoms with Gasteiger partial charge in [-0.15, -0.1) is 0 Å². The molecule has 0 aliphatic carbocycles. The number of para-hydroxylation sites is 1. The molecule has 0 spiro atoms. The Morgan fingerprint density at radius 1 is 1.29 bits per heavy atom. The Kier molecular flexibility index (Phi) is 3.62. The molecule has 2 rings (SSSR count). The minimum absolute atomic E-state index is 0.228. The molecule has 0 radical (unpaired) electrons. The monoisotopic (exact) mass is 308 g/mol. The lowest BCUT2D eigenvalue weighted by Gasteiger charge is -2.06. The third kappa shape index (κ3) is 2.96. The van der Waals surface area contributed by atoms with Gasteiger partial charge in [0.1, 0.15) is 10.9 Å². The lowest BCUT2D eigenvalue weighted by molar-refractivity contribution is 0.460. The van der Waals surface area contributed by atoms with Crippen molar-refractivity contribution in [3.8, 4) is 17.7 Å². The van der Waals surface area contributed by atoms with Crippen LogP contribution in [0, 0.1) is 11.3 Å². The second-order valence-corrected chi connectivity index (χ2v) is 4.40. The number of ether oxygens (including phenoxy) is 1. The summed E-state index contributed by atoms with van der Waals surface area (Å²) in [6.45, 7) is 0. The largest absolute Gasteiger partial charge is 0.438 e. The van der Waals surface area contributed by atoms with Gasteiger partial charge in [-0.3, -0.25) is 0 Å². The molecule has 0 saturated heterocycles. The van der Waals surface area contributed by atoms with Gasteiger partial charge in [0, 0.05) is 6.07 Å². The first kappa shape index (κ1) is 11.9. The average molecular weight is 310 g/mol. The van der Waals surface area contributed by atoms with Gasteiger partial charge in [0.15, 0.2) is 0 Å². The van der Waals surface area contributed by atoms with Crippen LogP contribution < -0.4 is 4.74 Å². The van der Waals surface area contributed by atoms with E-state index in [-0.39, 0.29) is 5.15 Å². The molecule has 1 aromatic heterocycles. The van der Waals surface area contributed by atoms with Gasteiger partial charge in [0.2, 0.25) is 5.88 Å². The Balaban J connectivity index is 2.34. The maximum absolute atomic E-state index is 8.81. The van der Waals surface area contributed by atoms with E-state index in [0.717, 1.165) is 4.47 Å². The summed E-state index contributed by atoms with van der Waals surface area (Å²) < 4.78 is 6.34. The zero-order chi connectivity index (χ0) is 12.3. The molecule has 1 aromatic carbocycles. The van der Waals surface area contributed by atoms with Crippen molar-refractivity contribution in [3.05, 3.63) is 51.6 Å². The molecule has 0 saturated carbocycles. The number of rotatable bonds is 2. The third-order valence-electron chi connectivity index (χ3n) is 1.95. The normalized spacial score (nSPS) is 9.71. The molecule has 2 aromatic rings. The molecule has 0 amide bonds. The fourth-order valence-electron chi connectivity index (χ4n) is 1.23. The van der Waals surface area contributed by atoms with Crippen molar-refractivity contribution >= 4 is 27.5 Å². The zero-order valence-electron chi connectivity index (χ0n) is 8.52. The topological polar surface area (TPSA) is 45.9 Å². The summed E-state index contributed by atoms with van der Waals surface area (Å²) in [5.74, 6) is 0.909. The van der Waals surface area contributed by atoms with Crippen LogP contribution in [0.5, 0.6) is 11.6 Å². The highest BCUT2D eigenvalue weighted by Gasteiger charge is 2.05. The molecule has 0 unspecified atom stereocenters. The lowest BCUT2D eigenvalue weighted by atomic mass is 10.3. The first-order valence-electron chi connectivity index (χ1n) is 4.69. The average Bonchev–Trinajstić information content (AvgIpc) is 2.31. The quantitative estimate of drug-likeness (QED) is 0.782. The molecule has 3 nitrogen and oxygen atoms in total. The number of aromatic nitrogens is 1. The molecule has 0 aliphatic rings. The lowest BCUT2D eigenvalue weighted by Crippen LogP contribution is -1.90. The van der Waals surface area contributed by atoms with Gasteiger partial charge >= 0.3 is 0 Å². The molecule has 0 atom stereocenters. The molecular formula is C12H6BrClN2O. The number of nitrogens with zero attached hydrogens (tertiary/aromatic N) is 2. The van der Waals surface area contributed by atoms with Crippen LogP contribution in [0.1, 0.15) is 5.56 Å². The highest BCUT2D eigenvalue weighted by atomic mass is 79.9. The number of hydrogen-bond donors (Lipinski definition) is 0. The first-order chi connectivity index (χ1) is 8.19. The summed E-state index contributed by atoms with van der Waals surface area (Å²) in [7, 11) is 0. The summed E-state index contributed by atoms with van der Waals surface area (Å²) in [5.41, 5.74) is 0.409. The number of hydrogen-bond acceptors (Lipinski definition) is 3. The number of pyridine rings is 1. The Morgan fingerprint density at radius 3 is 2.76 bits per heavy atom. The van der Waals surface area contributed by atoms with Crippen LogP contribution in [0.25, 0.3) is 0 Å². The highest BCUT2D eigenvalue weighted by Crippen LogP contribution is 2.29. The molecule has 0 bridgehead atoms. The summed E-state index contributed by atoms with van der Waals surface area (Å²) in [5, 5.41) is 9.03. The van der Waals surface area contributed by atoms with Crippen molar-refractivity contribution in [1.29, 1.82) is 5.26 Å². The van der Waals surface area contributed by atoms with Gasteiger partial charge in [-0.2, -0.15) is 5.26 Å². The van der Waals surface area contributed by atoms with Crippen LogP contribution >= 0.6 is 27.5 Å². The van der Waals surface area contributed by atoms with Crippen LogP contribution in [0.3, 0.4) is 0 Å². The highest BCUT2D eigenvalue weighted by molar-refractivity contribution is 9.10. The van der Waals surface area contributed by atoms with Gasteiger partial charge in [-0.1, -0.05) is 23.7 Å². The molecule has 0 fully saturated rings. The van der Waals surface area contributed by atoms with Crippen molar-refractivity contribution in [2.24, 2.45) is 0 Å². The fraction of sp³-hybridized carbons (Fsp3) is 0. The predicted molar refractivity (Wildman–Crippen MR) is 68.2 cm³/mol. The van der Waals surface area contributed by atoms with Gasteiger partial charge in [-0.05, 0) is 34.1 Å². The van der Waals surface area contributed by atoms with E-state index < -0.39 is 0 Å². The van der Waals surface area contributed by atoms with Crippen molar-refractivity contribution in [2.75, 3.05) is 0 Å². The molecule has 1 heterocycles. The Hall–Kier alpha value is -1.57. The van der Waals surface area contributed by atoms with Crippen LogP contribution in [0.2, 0.25) is 5.15 Å². The smallest absolute Gasteiger partial charge is 0.222 e. The van der Waals surface area contributed by atoms with Gasteiger partial charge in [-0.25, -0.2) is 4.98 Å². The summed E-state index contributed by atoms with van der Waals surface area (Å²) >= 11 is 9.14. The summed E-state index contributed by atoms with van der Waals surface area (Å²) in [6.07, 6.45) is 0. The van der Waals surface area contributed by atoms with E-state index in [2.05, 4.69) is 20.9 Å². The SMILES string of the molecule is N#Cc1cc(Cl)nc(Oc2ccccc2Br)c1. The predicted octanol–water partition coefficient (Wildman–Crippen LogP) is 4.16. The molecule has 0 aliphatic heterocycles. The molecule has 5 heteroatoms. The molecule has 0 N–H and O–H groups in total. The van der Waals surface area contributed by atoms with Crippen LogP contribution in [-0.4, -0.2) is 4.98 Å². The minimum Gasteiger partial charge on any atom is -0.438 e. The number of nitriles is 1. The van der Waals surface area contributed by atoms with E-state index in [0.29, 0.717) is 17.2 Å². The van der Waals surface area contributed by atoms with Crippen molar-refractivity contribution in [2.45, 2.75) is 0 Å². The van der Waals surface area contributed by atoms with Crippen molar-refractivity contribution in [1.82, 2.24) is 4.98 Å². The maximum atomic E-state index is 8.81. The Bertz CT molecular complexity index is 595. The molecule has 84 valence electrons. The third-order valence-corrected chi connectivity index (χ3v) is 2.80. The van der Waals surface area contributed by atoms with Gasteiger partial charge in [0.05, 0.1) is 16.1 Å². The molecular weight excluding hydrogens is 304 g/mol. The van der Waals surface area contributed by atoms with Crippen LogP contribution in [-0.2, 0) is 0 Å². The standard InChI is InChI=1S/C12H6BrClN2O/c13-9-3-1-2-4-10(9)17-12-6-8(7-15)5-11(14)16-12/h1-6H. The Morgan fingerprint density at radius 2 is 2.06 bits per heavy atom. The van der Waals surface area contributed by atoms with Crippen molar-refractivity contribution < 1.29 is 4.74 Å². The number of halogens is 2. The fourth-order valence-corrected chi connectivity index (χ4v) is 1.80. The van der Waals surface area contributed by atoms with E-state index >= 15 is 0 Å². The van der Waals surface area contributed by atoms with Gasteiger partial charge in [0.25, 0.3) is 0 Å². The first-order valence-corrected chi connectivity index (χ1v) is 5.86. The van der Waals surface area contributed by atoms with E-state index in [1.807, 2.05) is 24.3 Å². The summed E-state index contributed by atoms with van der Waals surface area (Å²) in [4.78, 5) is 3.99. The van der Waals surface area contributed by atoms with E-state index in [1.54, 1.807) is 6.07 Å².